The van der Waals surface area contributed by atoms with Crippen molar-refractivity contribution in [3.63, 3.8) is 0 Å². The molecule has 2 heterocycles. The van der Waals surface area contributed by atoms with E-state index >= 15 is 0 Å². The van der Waals surface area contributed by atoms with E-state index in [9.17, 15) is 28.2 Å². The quantitative estimate of drug-likeness (QED) is 0.345. The number of alkyl halides is 2. The van der Waals surface area contributed by atoms with E-state index in [2.05, 4.69) is 4.98 Å². The fourth-order valence-corrected chi connectivity index (χ4v) is 3.35. The van der Waals surface area contributed by atoms with Gasteiger partial charge in [-0.25, -0.2) is 4.79 Å². The topological polar surface area (TPSA) is 112 Å². The van der Waals surface area contributed by atoms with Crippen LogP contribution in [-0.4, -0.2) is 47.6 Å². The summed E-state index contributed by atoms with van der Waals surface area (Å²) < 4.78 is 42.5. The number of Topliss-reactive ketones (excluding diaryl/α,β-unsaturated/α-hetero) is 1. The smallest absolute Gasteiger partial charge is 0.526 e. The van der Waals surface area contributed by atoms with Crippen LogP contribution in [0.25, 0.3) is 0 Å². The van der Waals surface area contributed by atoms with Crippen LogP contribution in [0.1, 0.15) is 41.3 Å². The largest absolute Gasteiger partial charge is 0.535 e. The Morgan fingerprint density at radius 2 is 2.03 bits per heavy atom. The van der Waals surface area contributed by atoms with Gasteiger partial charge in [-0.1, -0.05) is 25.1 Å². The Labute approximate surface area is 189 Å². The lowest BCUT2D eigenvalue weighted by Gasteiger charge is -2.29. The van der Waals surface area contributed by atoms with Crippen molar-refractivity contribution in [1.29, 1.82) is 0 Å². The molecule has 1 N–H and O–H groups in total. The van der Waals surface area contributed by atoms with Crippen LogP contribution in [0, 0.1) is 0 Å². The highest BCUT2D eigenvalue weighted by Crippen LogP contribution is 2.38. The van der Waals surface area contributed by atoms with Crippen LogP contribution in [0.15, 0.2) is 42.7 Å². The first-order valence-corrected chi connectivity index (χ1v) is 10.3. The number of rotatable bonds is 9. The summed E-state index contributed by atoms with van der Waals surface area (Å²) in [4.78, 5) is 40.0. The van der Waals surface area contributed by atoms with Crippen molar-refractivity contribution in [2.45, 2.75) is 44.3 Å². The molecule has 0 aliphatic carbocycles. The molecule has 0 radical (unpaired) electrons. The lowest BCUT2D eigenvalue weighted by Crippen LogP contribution is -2.38. The summed E-state index contributed by atoms with van der Waals surface area (Å²) in [5.74, 6) is -7.08. The lowest BCUT2D eigenvalue weighted by atomic mass is 9.64. The van der Waals surface area contributed by atoms with E-state index in [1.165, 1.54) is 25.3 Å². The monoisotopic (exact) mass is 461 g/mol. The lowest BCUT2D eigenvalue weighted by molar-refractivity contribution is -0.151. The Hall–Kier alpha value is -3.34. The van der Waals surface area contributed by atoms with Crippen molar-refractivity contribution in [3.05, 3.63) is 59.4 Å². The summed E-state index contributed by atoms with van der Waals surface area (Å²) in [6, 6.07) is 7.89. The summed E-state index contributed by atoms with van der Waals surface area (Å²) in [5.41, 5.74) is 1.07. The summed E-state index contributed by atoms with van der Waals surface area (Å²) in [7, 11) is -1.56. The van der Waals surface area contributed by atoms with Crippen LogP contribution in [0.5, 0.6) is 5.75 Å². The summed E-state index contributed by atoms with van der Waals surface area (Å²) in [6.07, 6.45) is 1.90. The van der Waals surface area contributed by atoms with Crippen molar-refractivity contribution < 1.29 is 42.3 Å². The van der Waals surface area contributed by atoms with Crippen molar-refractivity contribution >= 4 is 24.8 Å². The Bertz CT molecular complexity index is 1020. The molecule has 3 rings (SSSR count). The minimum absolute atomic E-state index is 0.0291. The van der Waals surface area contributed by atoms with Crippen LogP contribution < -0.4 is 4.65 Å². The number of pyridine rings is 1. The fraction of sp³-hybridized carbons (Fsp3) is 0.364. The highest BCUT2D eigenvalue weighted by molar-refractivity contribution is 6.47. The Morgan fingerprint density at radius 3 is 2.73 bits per heavy atom. The molecule has 0 saturated heterocycles. The standard InChI is InChI=1S/C22H22BF2NO7/c1-2-22(24,25)18(27)11-16-10-15-6-3-7-17(20(15)33-23(16)30)21(29)32-13-31-19(28)9-14-5-4-8-26-12-14/h3-8,12,16,30H,2,9-11,13H2,1H3/t16-/m1/s1. The third-order valence-corrected chi connectivity index (χ3v) is 5.22. The zero-order chi connectivity index (χ0) is 24.0. The molecule has 33 heavy (non-hydrogen) atoms. The first kappa shape index (κ1) is 24.3. The molecule has 0 unspecified atom stereocenters. The maximum absolute atomic E-state index is 13.6. The van der Waals surface area contributed by atoms with Crippen molar-refractivity contribution in [2.24, 2.45) is 0 Å². The Balaban J connectivity index is 1.59. The Kier molecular flexibility index (Phi) is 7.75. The van der Waals surface area contributed by atoms with Crippen LogP contribution in [0.4, 0.5) is 8.78 Å². The van der Waals surface area contributed by atoms with Crippen molar-refractivity contribution in [2.75, 3.05) is 6.79 Å². The second kappa shape index (κ2) is 10.5. The molecule has 1 aliphatic heterocycles. The molecular weight excluding hydrogens is 439 g/mol. The number of ketones is 1. The molecule has 1 atom stereocenters. The van der Waals surface area contributed by atoms with Gasteiger partial charge in [-0.2, -0.15) is 8.78 Å². The molecule has 0 saturated carbocycles. The number of nitrogens with zero attached hydrogens (tertiary/aromatic N) is 1. The summed E-state index contributed by atoms with van der Waals surface area (Å²) in [5, 5.41) is 10.3. The molecule has 2 aromatic rings. The molecule has 0 bridgehead atoms. The van der Waals surface area contributed by atoms with Gasteiger partial charge in [0.25, 0.3) is 0 Å². The molecule has 1 aromatic heterocycles. The number of hydrogen-bond donors (Lipinski definition) is 1. The number of esters is 2. The predicted molar refractivity (Wildman–Crippen MR) is 112 cm³/mol. The number of carbonyl (C=O) groups is 3. The number of aromatic nitrogens is 1. The molecule has 1 aliphatic rings. The van der Waals surface area contributed by atoms with Gasteiger partial charge >= 0.3 is 25.0 Å². The number of halogens is 2. The van der Waals surface area contributed by atoms with E-state index in [1.54, 1.807) is 24.4 Å². The van der Waals surface area contributed by atoms with Crippen LogP contribution >= 0.6 is 0 Å². The molecule has 8 nitrogen and oxygen atoms in total. The first-order valence-electron chi connectivity index (χ1n) is 10.3. The van der Waals surface area contributed by atoms with Gasteiger partial charge in [0.1, 0.15) is 11.3 Å². The number of benzene rings is 1. The maximum atomic E-state index is 13.6. The summed E-state index contributed by atoms with van der Waals surface area (Å²) in [6.45, 7) is 0.572. The Morgan fingerprint density at radius 1 is 1.24 bits per heavy atom. The van der Waals surface area contributed by atoms with Crippen molar-refractivity contribution in [3.8, 4) is 5.75 Å². The third kappa shape index (κ3) is 6.13. The second-order valence-corrected chi connectivity index (χ2v) is 7.56. The normalized spacial score (nSPS) is 15.3. The predicted octanol–water partition coefficient (Wildman–Crippen LogP) is 2.77. The maximum Gasteiger partial charge on any atom is 0.526 e. The third-order valence-electron chi connectivity index (χ3n) is 5.22. The van der Waals surface area contributed by atoms with Gasteiger partial charge in [0.2, 0.25) is 12.6 Å². The zero-order valence-electron chi connectivity index (χ0n) is 17.8. The van der Waals surface area contributed by atoms with Gasteiger partial charge in [0.05, 0.1) is 6.42 Å². The number of para-hydroxylation sites is 1. The molecule has 174 valence electrons. The molecule has 0 fully saturated rings. The van der Waals surface area contributed by atoms with Crippen LogP contribution in [-0.2, 0) is 31.9 Å². The number of fused-ring (bicyclic) bond motifs is 1. The molecular formula is C22H22BF2NO7. The van der Waals surface area contributed by atoms with Gasteiger partial charge < -0.3 is 19.2 Å². The van der Waals surface area contributed by atoms with Crippen molar-refractivity contribution in [1.82, 2.24) is 4.98 Å². The van der Waals surface area contributed by atoms with Gasteiger partial charge in [-0.3, -0.25) is 14.6 Å². The molecule has 0 amide bonds. The average Bonchev–Trinajstić information content (AvgIpc) is 2.79. The number of carbonyl (C=O) groups excluding carboxylic acids is 3. The van der Waals surface area contributed by atoms with E-state index in [-0.39, 0.29) is 24.2 Å². The van der Waals surface area contributed by atoms with E-state index in [0.29, 0.717) is 11.1 Å². The minimum atomic E-state index is -3.47. The fourth-order valence-electron chi connectivity index (χ4n) is 3.35. The minimum Gasteiger partial charge on any atom is -0.535 e. The SMILES string of the molecule is CCC(F)(F)C(=O)C[C@H]1Cc2cccc(C(=O)OCOC(=O)Cc3cccnc3)c2OB1O. The van der Waals surface area contributed by atoms with E-state index in [0.717, 1.165) is 0 Å². The van der Waals surface area contributed by atoms with Gasteiger partial charge in [-0.05, 0) is 29.7 Å². The zero-order valence-corrected chi connectivity index (χ0v) is 17.8. The van der Waals surface area contributed by atoms with Crippen LogP contribution in [0.2, 0.25) is 5.82 Å². The van der Waals surface area contributed by atoms with E-state index < -0.39 is 56.2 Å². The van der Waals surface area contributed by atoms with Gasteiger partial charge in [0, 0.05) is 31.1 Å². The average molecular weight is 461 g/mol. The van der Waals surface area contributed by atoms with E-state index in [4.69, 9.17) is 14.1 Å². The van der Waals surface area contributed by atoms with Gasteiger partial charge in [0.15, 0.2) is 0 Å². The number of hydrogen-bond acceptors (Lipinski definition) is 8. The number of ether oxygens (including phenoxy) is 2. The second-order valence-electron chi connectivity index (χ2n) is 7.56. The molecule has 11 heteroatoms. The summed E-state index contributed by atoms with van der Waals surface area (Å²) >= 11 is 0. The molecule has 0 spiro atoms. The van der Waals surface area contributed by atoms with Gasteiger partial charge in [-0.15, -0.1) is 0 Å². The highest BCUT2D eigenvalue weighted by Gasteiger charge is 2.43. The molecule has 1 aromatic carbocycles. The first-order chi connectivity index (χ1) is 15.7. The van der Waals surface area contributed by atoms with Crippen LogP contribution in [0.3, 0.4) is 0 Å². The highest BCUT2D eigenvalue weighted by atomic mass is 19.3. The van der Waals surface area contributed by atoms with E-state index in [1.807, 2.05) is 0 Å².